The fraction of sp³-hybridized carbons (Fsp3) is 0. The summed E-state index contributed by atoms with van der Waals surface area (Å²) in [6.45, 7) is 0. The molecule has 0 aliphatic rings. The largest absolute Gasteiger partial charge is 0.478 e. The number of aromatic carboxylic acids is 1. The second-order valence-corrected chi connectivity index (χ2v) is 5.35. The van der Waals surface area contributed by atoms with Crippen molar-refractivity contribution in [3.05, 3.63) is 59.9 Å². The third-order valence-electron chi connectivity index (χ3n) is 2.41. The smallest absolute Gasteiger partial charge is 0.339 e. The Morgan fingerprint density at radius 3 is 2.45 bits per heavy atom. The molecule has 20 heavy (non-hydrogen) atoms. The Balaban J connectivity index is 2.38. The Morgan fingerprint density at radius 2 is 1.80 bits per heavy atom. The van der Waals surface area contributed by atoms with Gasteiger partial charge < -0.3 is 9.29 Å². The summed E-state index contributed by atoms with van der Waals surface area (Å²) in [6.07, 6.45) is 0. The Bertz CT molecular complexity index is 755. The van der Waals surface area contributed by atoms with E-state index in [0.717, 1.165) is 18.2 Å². The van der Waals surface area contributed by atoms with Crippen molar-refractivity contribution in [1.82, 2.24) is 0 Å². The summed E-state index contributed by atoms with van der Waals surface area (Å²) in [6, 6.07) is 9.64. The van der Waals surface area contributed by atoms with Crippen molar-refractivity contribution in [2.75, 3.05) is 0 Å². The molecule has 0 aromatic heterocycles. The van der Waals surface area contributed by atoms with Crippen LogP contribution in [0.15, 0.2) is 53.4 Å². The fourth-order valence-corrected chi connectivity index (χ4v) is 2.45. The lowest BCUT2D eigenvalue weighted by Crippen LogP contribution is -2.11. The molecule has 0 atom stereocenters. The lowest BCUT2D eigenvalue weighted by Gasteiger charge is -2.08. The van der Waals surface area contributed by atoms with E-state index >= 15 is 0 Å². The van der Waals surface area contributed by atoms with Gasteiger partial charge in [-0.1, -0.05) is 18.2 Å². The molecule has 7 heteroatoms. The first-order valence-electron chi connectivity index (χ1n) is 5.42. The maximum Gasteiger partial charge on any atom is 0.339 e. The summed E-state index contributed by atoms with van der Waals surface area (Å²) in [4.78, 5) is 10.4. The summed E-state index contributed by atoms with van der Waals surface area (Å²) in [5, 5.41) is 8.81. The van der Waals surface area contributed by atoms with Crippen LogP contribution < -0.4 is 4.18 Å². The number of carbonyl (C=O) groups is 1. The second kappa shape index (κ2) is 5.30. The molecule has 0 fully saturated rings. The molecule has 0 saturated heterocycles. The molecule has 104 valence electrons. The van der Waals surface area contributed by atoms with Crippen molar-refractivity contribution in [2.45, 2.75) is 4.90 Å². The highest BCUT2D eigenvalue weighted by molar-refractivity contribution is 7.87. The molecular formula is C13H9FO5S. The van der Waals surface area contributed by atoms with Gasteiger partial charge in [0.15, 0.2) is 11.6 Å². The molecule has 0 aliphatic carbocycles. The van der Waals surface area contributed by atoms with Crippen LogP contribution in [0.4, 0.5) is 4.39 Å². The van der Waals surface area contributed by atoms with Crippen LogP contribution in [0.25, 0.3) is 0 Å². The van der Waals surface area contributed by atoms with E-state index in [-0.39, 0.29) is 10.5 Å². The van der Waals surface area contributed by atoms with E-state index < -0.39 is 27.7 Å². The standard InChI is InChI=1S/C13H9FO5S/c14-11-6-1-2-7-12(11)19-20(17,18)10-5-3-4-9(8-10)13(15)16/h1-8H,(H,15,16). The summed E-state index contributed by atoms with van der Waals surface area (Å²) in [5.74, 6) is -2.55. The van der Waals surface area contributed by atoms with Crippen molar-refractivity contribution in [3.8, 4) is 5.75 Å². The Labute approximate surface area is 114 Å². The van der Waals surface area contributed by atoms with E-state index in [9.17, 15) is 17.6 Å². The number of hydrogen-bond acceptors (Lipinski definition) is 4. The van der Waals surface area contributed by atoms with Gasteiger partial charge in [0.2, 0.25) is 0 Å². The molecule has 2 rings (SSSR count). The second-order valence-electron chi connectivity index (χ2n) is 3.80. The number of para-hydroxylation sites is 1. The van der Waals surface area contributed by atoms with Crippen molar-refractivity contribution in [2.24, 2.45) is 0 Å². The molecule has 0 aliphatic heterocycles. The van der Waals surface area contributed by atoms with Crippen molar-refractivity contribution < 1.29 is 26.9 Å². The maximum atomic E-state index is 13.4. The predicted molar refractivity (Wildman–Crippen MR) is 67.6 cm³/mol. The first kappa shape index (κ1) is 14.0. The number of rotatable bonds is 4. The molecule has 0 radical (unpaired) electrons. The van der Waals surface area contributed by atoms with Gasteiger partial charge in [-0.25, -0.2) is 9.18 Å². The first-order valence-corrected chi connectivity index (χ1v) is 6.83. The highest BCUT2D eigenvalue weighted by atomic mass is 32.2. The van der Waals surface area contributed by atoms with Gasteiger partial charge in [0.1, 0.15) is 4.90 Å². The molecule has 0 spiro atoms. The molecule has 1 N–H and O–H groups in total. The summed E-state index contributed by atoms with van der Waals surface area (Å²) >= 11 is 0. The molecule has 5 nitrogen and oxygen atoms in total. The van der Waals surface area contributed by atoms with Crippen molar-refractivity contribution in [1.29, 1.82) is 0 Å². The minimum Gasteiger partial charge on any atom is -0.478 e. The van der Waals surface area contributed by atoms with Gasteiger partial charge in [-0.2, -0.15) is 8.42 Å². The molecular weight excluding hydrogens is 287 g/mol. The zero-order valence-electron chi connectivity index (χ0n) is 9.99. The summed E-state index contributed by atoms with van der Waals surface area (Å²) in [7, 11) is -4.30. The van der Waals surface area contributed by atoms with Crippen LogP contribution in [0.2, 0.25) is 0 Å². The SMILES string of the molecule is O=C(O)c1cccc(S(=O)(=O)Oc2ccccc2F)c1. The van der Waals surface area contributed by atoms with Crippen LogP contribution in [0.1, 0.15) is 10.4 Å². The average Bonchev–Trinajstić information content (AvgIpc) is 2.41. The molecule has 2 aromatic rings. The van der Waals surface area contributed by atoms with Gasteiger partial charge in [0.25, 0.3) is 0 Å². The Hall–Kier alpha value is -2.41. The number of benzene rings is 2. The van der Waals surface area contributed by atoms with Crippen molar-refractivity contribution in [3.63, 3.8) is 0 Å². The number of carboxylic acids is 1. The molecule has 0 unspecified atom stereocenters. The minimum atomic E-state index is -4.30. The fourth-order valence-electron chi connectivity index (χ4n) is 1.46. The quantitative estimate of drug-likeness (QED) is 0.875. The molecule has 0 saturated carbocycles. The van der Waals surface area contributed by atoms with E-state index in [2.05, 4.69) is 4.18 Å². The van der Waals surface area contributed by atoms with Crippen LogP contribution in [0, 0.1) is 5.82 Å². The van der Waals surface area contributed by atoms with Crippen LogP contribution in [0.3, 0.4) is 0 Å². The van der Waals surface area contributed by atoms with E-state index in [1.54, 1.807) is 0 Å². The predicted octanol–water partition coefficient (Wildman–Crippen LogP) is 2.29. The number of carboxylic acid groups (broad SMARTS) is 1. The third-order valence-corrected chi connectivity index (χ3v) is 3.64. The third kappa shape index (κ3) is 2.94. The molecule has 0 heterocycles. The van der Waals surface area contributed by atoms with E-state index in [1.165, 1.54) is 30.3 Å². The lowest BCUT2D eigenvalue weighted by atomic mass is 10.2. The van der Waals surface area contributed by atoms with Gasteiger partial charge in [-0.3, -0.25) is 0 Å². The monoisotopic (exact) mass is 296 g/mol. The Morgan fingerprint density at radius 1 is 1.10 bits per heavy atom. The summed E-state index contributed by atoms with van der Waals surface area (Å²) in [5.41, 5.74) is -0.205. The zero-order chi connectivity index (χ0) is 14.8. The van der Waals surface area contributed by atoms with Gasteiger partial charge in [-0.05, 0) is 30.3 Å². The van der Waals surface area contributed by atoms with Gasteiger partial charge >= 0.3 is 16.1 Å². The molecule has 2 aromatic carbocycles. The van der Waals surface area contributed by atoms with Gasteiger partial charge in [0.05, 0.1) is 5.56 Å². The van der Waals surface area contributed by atoms with Crippen LogP contribution in [-0.2, 0) is 10.1 Å². The number of halogens is 1. The lowest BCUT2D eigenvalue weighted by molar-refractivity contribution is 0.0696. The van der Waals surface area contributed by atoms with E-state index in [4.69, 9.17) is 5.11 Å². The maximum absolute atomic E-state index is 13.4. The van der Waals surface area contributed by atoms with Crippen LogP contribution >= 0.6 is 0 Å². The first-order chi connectivity index (χ1) is 9.40. The highest BCUT2D eigenvalue weighted by Crippen LogP contribution is 2.22. The van der Waals surface area contributed by atoms with Crippen LogP contribution in [0.5, 0.6) is 5.75 Å². The van der Waals surface area contributed by atoms with E-state index in [1.807, 2.05) is 0 Å². The Kier molecular flexibility index (Phi) is 3.71. The van der Waals surface area contributed by atoms with Gasteiger partial charge in [0, 0.05) is 0 Å². The van der Waals surface area contributed by atoms with Crippen LogP contribution in [-0.4, -0.2) is 19.5 Å². The van der Waals surface area contributed by atoms with Gasteiger partial charge in [-0.15, -0.1) is 0 Å². The molecule has 0 bridgehead atoms. The topological polar surface area (TPSA) is 80.7 Å². The van der Waals surface area contributed by atoms with Crippen molar-refractivity contribution >= 4 is 16.1 Å². The average molecular weight is 296 g/mol. The normalized spacial score (nSPS) is 11.1. The number of hydrogen-bond donors (Lipinski definition) is 1. The summed E-state index contributed by atoms with van der Waals surface area (Å²) < 4.78 is 41.9. The minimum absolute atomic E-state index is 0.205. The van der Waals surface area contributed by atoms with E-state index in [0.29, 0.717) is 0 Å². The highest BCUT2D eigenvalue weighted by Gasteiger charge is 2.20. The zero-order valence-corrected chi connectivity index (χ0v) is 10.8. The molecule has 0 amide bonds.